The van der Waals surface area contributed by atoms with Gasteiger partial charge in [-0.1, -0.05) is 60.7 Å². The van der Waals surface area contributed by atoms with Crippen LogP contribution in [0.15, 0.2) is 72.8 Å². The predicted molar refractivity (Wildman–Crippen MR) is 144 cm³/mol. The number of hydrogen-bond donors (Lipinski definition) is 1. The number of ether oxygens (including phenoxy) is 2. The van der Waals surface area contributed by atoms with Crippen molar-refractivity contribution >= 4 is 23.5 Å². The molecule has 2 aromatic rings. The lowest BCUT2D eigenvalue weighted by molar-refractivity contribution is -0.153. The van der Waals surface area contributed by atoms with Crippen molar-refractivity contribution in [2.24, 2.45) is 11.8 Å². The van der Waals surface area contributed by atoms with Gasteiger partial charge >= 0.3 is 5.97 Å². The maximum atomic E-state index is 14.6. The summed E-state index contributed by atoms with van der Waals surface area (Å²) in [5.74, 6) is -3.03. The predicted octanol–water partition coefficient (Wildman–Crippen LogP) is 2.50. The van der Waals surface area contributed by atoms with Gasteiger partial charge in [-0.2, -0.15) is 0 Å². The van der Waals surface area contributed by atoms with Crippen LogP contribution >= 0.6 is 0 Å². The first-order valence-electron chi connectivity index (χ1n) is 13.4. The highest BCUT2D eigenvalue weighted by Gasteiger charge is 2.72. The van der Waals surface area contributed by atoms with Gasteiger partial charge in [-0.25, -0.2) is 0 Å². The number of cyclic esters (lactones) is 1. The highest BCUT2D eigenvalue weighted by molar-refractivity contribution is 6.06. The van der Waals surface area contributed by atoms with Gasteiger partial charge in [0, 0.05) is 12.2 Å². The van der Waals surface area contributed by atoms with Crippen LogP contribution in [0.5, 0.6) is 0 Å². The fourth-order valence-corrected chi connectivity index (χ4v) is 6.67. The molecule has 0 bridgehead atoms. The summed E-state index contributed by atoms with van der Waals surface area (Å²) < 4.78 is 12.0. The lowest BCUT2D eigenvalue weighted by atomic mass is 9.78. The van der Waals surface area contributed by atoms with Gasteiger partial charge in [-0.3, -0.25) is 14.4 Å². The van der Waals surface area contributed by atoms with E-state index in [0.717, 1.165) is 22.4 Å². The van der Waals surface area contributed by atoms with E-state index in [1.807, 2.05) is 68.5 Å². The molecule has 6 atom stereocenters. The molecule has 1 N–H and O–H groups in total. The molecule has 2 amide bonds. The lowest BCUT2D eigenvalue weighted by Crippen LogP contribution is -2.58. The monoisotopic (exact) mass is 528 g/mol. The van der Waals surface area contributed by atoms with E-state index in [1.54, 1.807) is 23.1 Å². The third-order valence-electron chi connectivity index (χ3n) is 8.43. The Balaban J connectivity index is 1.49. The highest BCUT2D eigenvalue weighted by Crippen LogP contribution is 2.54. The summed E-state index contributed by atoms with van der Waals surface area (Å²) in [5.41, 5.74) is 2.24. The molecule has 1 unspecified atom stereocenters. The summed E-state index contributed by atoms with van der Waals surface area (Å²) in [6, 6.07) is 13.7. The maximum Gasteiger partial charge on any atom is 0.313 e. The number of anilines is 1. The summed E-state index contributed by atoms with van der Waals surface area (Å²) in [7, 11) is 0. The van der Waals surface area contributed by atoms with Gasteiger partial charge in [0.15, 0.2) is 0 Å². The van der Waals surface area contributed by atoms with Crippen LogP contribution in [-0.4, -0.2) is 71.3 Å². The number of rotatable bonds is 5. The van der Waals surface area contributed by atoms with Gasteiger partial charge in [0.25, 0.3) is 5.91 Å². The molecular formula is C31H32N2O6. The Morgan fingerprint density at radius 1 is 1.05 bits per heavy atom. The largest absolute Gasteiger partial charge is 0.461 e. The molecule has 8 nitrogen and oxygen atoms in total. The second-order valence-electron chi connectivity index (χ2n) is 10.8. The van der Waals surface area contributed by atoms with Crippen LogP contribution in [-0.2, 0) is 30.3 Å². The van der Waals surface area contributed by atoms with Crippen molar-refractivity contribution in [1.29, 1.82) is 0 Å². The Morgan fingerprint density at radius 2 is 1.85 bits per heavy atom. The zero-order chi connectivity index (χ0) is 27.3. The van der Waals surface area contributed by atoms with Gasteiger partial charge in [-0.15, -0.1) is 0 Å². The minimum Gasteiger partial charge on any atom is -0.461 e. The van der Waals surface area contributed by atoms with E-state index in [9.17, 15) is 19.5 Å². The zero-order valence-electron chi connectivity index (χ0n) is 22.0. The molecule has 0 aromatic heterocycles. The van der Waals surface area contributed by atoms with Crippen molar-refractivity contribution in [3.05, 3.63) is 89.5 Å². The number of amides is 2. The van der Waals surface area contributed by atoms with Gasteiger partial charge in [0.05, 0.1) is 24.7 Å². The molecule has 39 heavy (non-hydrogen) atoms. The first-order valence-corrected chi connectivity index (χ1v) is 13.4. The third kappa shape index (κ3) is 4.01. The number of hydrogen-bond acceptors (Lipinski definition) is 6. The third-order valence-corrected chi connectivity index (χ3v) is 8.43. The van der Waals surface area contributed by atoms with Gasteiger partial charge in [-0.05, 0) is 49.1 Å². The summed E-state index contributed by atoms with van der Waals surface area (Å²) in [6.45, 7) is 3.97. The normalized spacial score (nSPS) is 30.4. The van der Waals surface area contributed by atoms with E-state index in [1.165, 1.54) is 4.90 Å². The fourth-order valence-electron chi connectivity index (χ4n) is 6.67. The first-order chi connectivity index (χ1) is 18.9. The molecule has 4 aliphatic rings. The van der Waals surface area contributed by atoms with E-state index in [0.29, 0.717) is 6.42 Å². The van der Waals surface area contributed by atoms with Crippen molar-refractivity contribution in [1.82, 2.24) is 4.90 Å². The van der Waals surface area contributed by atoms with Crippen LogP contribution in [0.1, 0.15) is 16.7 Å². The SMILES string of the molecule is Cc1ccc(C)c(N2CC=C[C@]34O[C@@H]5C=CCOC(=O)[C@@H]5[C@H]3C(=O)N([C@@H](CO)Cc3ccccc3)C4C2=O)c1. The van der Waals surface area contributed by atoms with Crippen LogP contribution in [0.3, 0.4) is 0 Å². The number of fused-ring (bicyclic) bond motifs is 2. The molecule has 4 heterocycles. The maximum absolute atomic E-state index is 14.6. The van der Waals surface area contributed by atoms with E-state index >= 15 is 0 Å². The van der Waals surface area contributed by atoms with Crippen molar-refractivity contribution in [2.75, 3.05) is 24.7 Å². The molecule has 1 spiro atoms. The molecule has 8 heteroatoms. The zero-order valence-corrected chi connectivity index (χ0v) is 22.0. The second kappa shape index (κ2) is 9.77. The van der Waals surface area contributed by atoms with Crippen LogP contribution in [0.25, 0.3) is 0 Å². The Bertz CT molecular complexity index is 1370. The van der Waals surface area contributed by atoms with Crippen molar-refractivity contribution in [3.63, 3.8) is 0 Å². The van der Waals surface area contributed by atoms with Gasteiger partial charge < -0.3 is 24.4 Å². The fraction of sp³-hybridized carbons (Fsp3) is 0.387. The number of aryl methyl sites for hydroxylation is 2. The quantitative estimate of drug-likeness (QED) is 0.473. The van der Waals surface area contributed by atoms with Crippen LogP contribution in [0, 0.1) is 25.7 Å². The average Bonchev–Trinajstić information content (AvgIpc) is 3.24. The standard InChI is InChI=1S/C31H32N2O6/c1-19-11-12-20(2)23(16-19)32-14-7-13-31-26(25-24(39-31)10-6-15-38-30(25)37)28(35)33(27(31)29(32)36)22(18-34)17-21-8-4-3-5-9-21/h3-13,16,22,24-27,34H,14-15,17-18H2,1-2H3/t22-,24-,25+,26+,27?,31+/m1/s1. The van der Waals surface area contributed by atoms with Crippen molar-refractivity contribution in [2.45, 2.75) is 44.1 Å². The van der Waals surface area contributed by atoms with Crippen molar-refractivity contribution < 1.29 is 29.0 Å². The van der Waals surface area contributed by atoms with Crippen LogP contribution in [0.4, 0.5) is 5.69 Å². The molecule has 0 radical (unpaired) electrons. The topological polar surface area (TPSA) is 96.4 Å². The Hall–Kier alpha value is -3.75. The first kappa shape index (κ1) is 25.5. The van der Waals surface area contributed by atoms with E-state index in [4.69, 9.17) is 9.47 Å². The minimum atomic E-state index is -1.37. The molecular weight excluding hydrogens is 496 g/mol. The second-order valence-corrected chi connectivity index (χ2v) is 10.8. The van der Waals surface area contributed by atoms with E-state index < -0.39 is 41.6 Å². The molecule has 6 rings (SSSR count). The number of aliphatic hydroxyl groups excluding tert-OH is 1. The summed E-state index contributed by atoms with van der Waals surface area (Å²) in [6.07, 6.45) is 6.79. The van der Waals surface area contributed by atoms with Crippen LogP contribution < -0.4 is 4.90 Å². The molecule has 2 aromatic carbocycles. The lowest BCUT2D eigenvalue weighted by Gasteiger charge is -2.39. The number of aliphatic hydroxyl groups is 1. The Morgan fingerprint density at radius 3 is 2.62 bits per heavy atom. The molecule has 202 valence electrons. The summed E-state index contributed by atoms with van der Waals surface area (Å²) in [4.78, 5) is 45.3. The molecule has 2 saturated heterocycles. The molecule has 4 aliphatic heterocycles. The molecule has 0 saturated carbocycles. The molecule has 0 aliphatic carbocycles. The van der Waals surface area contributed by atoms with Gasteiger partial charge in [0.1, 0.15) is 24.2 Å². The number of benzene rings is 2. The van der Waals surface area contributed by atoms with Gasteiger partial charge in [0.2, 0.25) is 5.91 Å². The number of carbonyl (C=O) groups is 3. The summed E-state index contributed by atoms with van der Waals surface area (Å²) >= 11 is 0. The Kier molecular flexibility index (Phi) is 6.40. The number of esters is 1. The Labute approximate surface area is 227 Å². The minimum absolute atomic E-state index is 0.110. The van der Waals surface area contributed by atoms with E-state index in [-0.39, 0.29) is 31.6 Å². The smallest absolute Gasteiger partial charge is 0.313 e. The summed E-state index contributed by atoms with van der Waals surface area (Å²) in [5, 5.41) is 10.6. The molecule has 2 fully saturated rings. The highest BCUT2D eigenvalue weighted by atomic mass is 16.6. The number of nitrogens with zero attached hydrogens (tertiary/aromatic N) is 2. The average molecular weight is 529 g/mol. The van der Waals surface area contributed by atoms with Crippen LogP contribution in [0.2, 0.25) is 0 Å². The van der Waals surface area contributed by atoms with E-state index in [2.05, 4.69) is 0 Å². The van der Waals surface area contributed by atoms with Crippen molar-refractivity contribution in [3.8, 4) is 0 Å². The number of carbonyl (C=O) groups excluding carboxylic acids is 3. The number of likely N-dealkylation sites (tertiary alicyclic amines) is 1.